The van der Waals surface area contributed by atoms with Crippen LogP contribution in [-0.4, -0.2) is 41.4 Å². The van der Waals surface area contributed by atoms with E-state index in [4.69, 9.17) is 19.5 Å². The smallest absolute Gasteiger partial charge is 0.267 e. The summed E-state index contributed by atoms with van der Waals surface area (Å²) in [6, 6.07) is 13.9. The van der Waals surface area contributed by atoms with Crippen molar-refractivity contribution < 1.29 is 19.0 Å². The van der Waals surface area contributed by atoms with Crippen LogP contribution >= 0.6 is 0 Å². The first kappa shape index (κ1) is 19.7. The van der Waals surface area contributed by atoms with Gasteiger partial charge in [0.25, 0.3) is 5.91 Å². The van der Waals surface area contributed by atoms with Crippen LogP contribution in [0.15, 0.2) is 42.5 Å². The van der Waals surface area contributed by atoms with Crippen molar-refractivity contribution in [1.29, 1.82) is 5.26 Å². The van der Waals surface area contributed by atoms with E-state index in [0.29, 0.717) is 34.2 Å². The zero-order valence-electron chi connectivity index (χ0n) is 16.1. The van der Waals surface area contributed by atoms with Gasteiger partial charge in [-0.05, 0) is 37.3 Å². The number of nitrogens with one attached hydrogen (secondary N) is 2. The van der Waals surface area contributed by atoms with E-state index >= 15 is 0 Å². The number of aromatic amines is 1. The first-order chi connectivity index (χ1) is 14.0. The normalized spacial score (nSPS) is 11.2. The Morgan fingerprint density at radius 2 is 2.00 bits per heavy atom. The molecule has 0 radical (unpaired) electrons. The Bertz CT molecular complexity index is 1060. The molecule has 1 atom stereocenters. The molecule has 1 aromatic heterocycles. The zero-order valence-corrected chi connectivity index (χ0v) is 16.1. The Morgan fingerprint density at radius 3 is 2.72 bits per heavy atom. The monoisotopic (exact) mass is 393 g/mol. The standard InChI is InChI=1S/C20H19N5O4/c1-12(29-15-6-4-5-13(9-15)11-21)19(26)23-20-22-18(24-25-20)16-8-7-14(27-2)10-17(16)28-3/h4-10,12H,1-3H3,(H2,22,23,24,25,26)/t12-/m1/s1. The highest BCUT2D eigenvalue weighted by atomic mass is 16.5. The van der Waals surface area contributed by atoms with Crippen LogP contribution in [0.3, 0.4) is 0 Å². The number of H-pyrrole nitrogens is 1. The van der Waals surface area contributed by atoms with Gasteiger partial charge in [0, 0.05) is 6.07 Å². The lowest BCUT2D eigenvalue weighted by Gasteiger charge is -2.13. The van der Waals surface area contributed by atoms with Gasteiger partial charge >= 0.3 is 0 Å². The minimum Gasteiger partial charge on any atom is -0.497 e. The molecule has 0 fully saturated rings. The first-order valence-corrected chi connectivity index (χ1v) is 8.66. The number of hydrogen-bond acceptors (Lipinski definition) is 7. The van der Waals surface area contributed by atoms with Crippen LogP contribution in [0.5, 0.6) is 17.2 Å². The van der Waals surface area contributed by atoms with E-state index in [1.807, 2.05) is 6.07 Å². The van der Waals surface area contributed by atoms with Crippen molar-refractivity contribution in [3.05, 3.63) is 48.0 Å². The van der Waals surface area contributed by atoms with Crippen molar-refractivity contribution in [1.82, 2.24) is 15.2 Å². The molecule has 2 aromatic carbocycles. The predicted molar refractivity (Wildman–Crippen MR) is 105 cm³/mol. The molecule has 0 aliphatic heterocycles. The number of benzene rings is 2. The minimum absolute atomic E-state index is 0.101. The van der Waals surface area contributed by atoms with Crippen molar-refractivity contribution in [3.8, 4) is 34.7 Å². The van der Waals surface area contributed by atoms with E-state index in [0.717, 1.165) is 0 Å². The van der Waals surface area contributed by atoms with E-state index in [1.54, 1.807) is 56.5 Å². The Kier molecular flexibility index (Phi) is 5.94. The molecule has 0 bridgehead atoms. The maximum Gasteiger partial charge on any atom is 0.267 e. The predicted octanol–water partition coefficient (Wildman–Crippen LogP) is 2.77. The molecule has 1 amide bonds. The summed E-state index contributed by atoms with van der Waals surface area (Å²) in [7, 11) is 3.11. The highest BCUT2D eigenvalue weighted by molar-refractivity contribution is 5.92. The average Bonchev–Trinajstić information content (AvgIpc) is 3.21. The summed E-state index contributed by atoms with van der Waals surface area (Å²) in [5.74, 6) is 1.71. The van der Waals surface area contributed by atoms with Crippen molar-refractivity contribution in [2.45, 2.75) is 13.0 Å². The molecule has 0 spiro atoms. The van der Waals surface area contributed by atoms with Crippen LogP contribution in [0, 0.1) is 11.3 Å². The molecule has 29 heavy (non-hydrogen) atoms. The summed E-state index contributed by atoms with van der Waals surface area (Å²) in [5, 5.41) is 18.3. The number of aromatic nitrogens is 3. The molecule has 0 unspecified atom stereocenters. The molecular formula is C20H19N5O4. The fourth-order valence-corrected chi connectivity index (χ4v) is 2.54. The van der Waals surface area contributed by atoms with Crippen LogP contribution < -0.4 is 19.5 Å². The number of methoxy groups -OCH3 is 2. The van der Waals surface area contributed by atoms with E-state index in [-0.39, 0.29) is 5.95 Å². The van der Waals surface area contributed by atoms with Gasteiger partial charge in [0.2, 0.25) is 5.95 Å². The molecule has 2 N–H and O–H groups in total. The molecule has 0 saturated carbocycles. The van der Waals surface area contributed by atoms with E-state index in [9.17, 15) is 4.79 Å². The lowest BCUT2D eigenvalue weighted by Crippen LogP contribution is -2.30. The Labute approximate surface area is 167 Å². The average molecular weight is 393 g/mol. The van der Waals surface area contributed by atoms with Gasteiger partial charge in [-0.1, -0.05) is 6.07 Å². The van der Waals surface area contributed by atoms with Gasteiger partial charge in [0.05, 0.1) is 31.4 Å². The fourth-order valence-electron chi connectivity index (χ4n) is 2.54. The number of hydrogen-bond donors (Lipinski definition) is 2. The number of carbonyl (C=O) groups excluding carboxylic acids is 1. The summed E-state index contributed by atoms with van der Waals surface area (Å²) < 4.78 is 16.1. The molecule has 0 aliphatic rings. The van der Waals surface area contributed by atoms with Gasteiger partial charge < -0.3 is 14.2 Å². The number of nitrogens with zero attached hydrogens (tertiary/aromatic N) is 3. The third kappa shape index (κ3) is 4.62. The second-order valence-electron chi connectivity index (χ2n) is 5.96. The molecule has 9 nitrogen and oxygen atoms in total. The summed E-state index contributed by atoms with van der Waals surface area (Å²) >= 11 is 0. The topological polar surface area (TPSA) is 122 Å². The van der Waals surface area contributed by atoms with Gasteiger partial charge in [0.1, 0.15) is 17.2 Å². The lowest BCUT2D eigenvalue weighted by molar-refractivity contribution is -0.122. The second kappa shape index (κ2) is 8.75. The quantitative estimate of drug-likeness (QED) is 0.633. The van der Waals surface area contributed by atoms with Gasteiger partial charge in [-0.15, -0.1) is 5.10 Å². The van der Waals surface area contributed by atoms with Crippen LogP contribution in [0.2, 0.25) is 0 Å². The van der Waals surface area contributed by atoms with Gasteiger partial charge in [-0.2, -0.15) is 10.2 Å². The number of anilines is 1. The van der Waals surface area contributed by atoms with Crippen molar-refractivity contribution in [2.24, 2.45) is 0 Å². The third-order valence-electron chi connectivity index (χ3n) is 4.03. The lowest BCUT2D eigenvalue weighted by atomic mass is 10.2. The van der Waals surface area contributed by atoms with Crippen LogP contribution in [0.1, 0.15) is 12.5 Å². The molecule has 9 heteroatoms. The summed E-state index contributed by atoms with van der Waals surface area (Å²) in [5.41, 5.74) is 1.11. The first-order valence-electron chi connectivity index (χ1n) is 8.66. The minimum atomic E-state index is -0.818. The molecule has 3 aromatic rings. The van der Waals surface area contributed by atoms with E-state index in [2.05, 4.69) is 20.5 Å². The van der Waals surface area contributed by atoms with Crippen LogP contribution in [0.25, 0.3) is 11.4 Å². The van der Waals surface area contributed by atoms with Crippen molar-refractivity contribution >= 4 is 11.9 Å². The van der Waals surface area contributed by atoms with Crippen molar-refractivity contribution in [2.75, 3.05) is 19.5 Å². The largest absolute Gasteiger partial charge is 0.497 e. The second-order valence-corrected chi connectivity index (χ2v) is 5.96. The SMILES string of the molecule is COc1ccc(-c2nc(NC(=O)[C@@H](C)Oc3cccc(C#N)c3)n[nH]2)c(OC)c1. The highest BCUT2D eigenvalue weighted by Crippen LogP contribution is 2.31. The number of carbonyl (C=O) groups is 1. The third-order valence-corrected chi connectivity index (χ3v) is 4.03. The van der Waals surface area contributed by atoms with Crippen LogP contribution in [-0.2, 0) is 4.79 Å². The van der Waals surface area contributed by atoms with Gasteiger partial charge in [0.15, 0.2) is 11.9 Å². The number of nitriles is 1. The van der Waals surface area contributed by atoms with Gasteiger partial charge in [-0.3, -0.25) is 15.2 Å². The Morgan fingerprint density at radius 1 is 1.17 bits per heavy atom. The Hall–Kier alpha value is -4.06. The van der Waals surface area contributed by atoms with Crippen LogP contribution in [0.4, 0.5) is 5.95 Å². The van der Waals surface area contributed by atoms with Crippen molar-refractivity contribution in [3.63, 3.8) is 0 Å². The van der Waals surface area contributed by atoms with Gasteiger partial charge in [-0.25, -0.2) is 0 Å². The highest BCUT2D eigenvalue weighted by Gasteiger charge is 2.18. The molecule has 0 saturated heterocycles. The molecule has 148 valence electrons. The molecule has 1 heterocycles. The van der Waals surface area contributed by atoms with E-state index in [1.165, 1.54) is 7.11 Å². The summed E-state index contributed by atoms with van der Waals surface area (Å²) in [6.07, 6.45) is -0.818. The fraction of sp³-hybridized carbons (Fsp3) is 0.200. The zero-order chi connectivity index (χ0) is 20.8. The van der Waals surface area contributed by atoms with E-state index < -0.39 is 12.0 Å². The molecular weight excluding hydrogens is 374 g/mol. The molecule has 0 aliphatic carbocycles. The number of rotatable bonds is 7. The summed E-state index contributed by atoms with van der Waals surface area (Å²) in [4.78, 5) is 16.7. The number of amides is 1. The maximum absolute atomic E-state index is 12.4. The maximum atomic E-state index is 12.4. The summed E-state index contributed by atoms with van der Waals surface area (Å²) in [6.45, 7) is 1.59. The number of ether oxygens (including phenoxy) is 3. The molecule has 3 rings (SSSR count). The Balaban J connectivity index is 1.69.